The highest BCUT2D eigenvalue weighted by Crippen LogP contribution is 2.25. The molecule has 0 aliphatic rings. The van der Waals surface area contributed by atoms with Gasteiger partial charge in [0.15, 0.2) is 0 Å². The summed E-state index contributed by atoms with van der Waals surface area (Å²) in [6.45, 7) is 1.88. The van der Waals surface area contributed by atoms with E-state index in [0.29, 0.717) is 11.3 Å². The van der Waals surface area contributed by atoms with E-state index < -0.39 is 0 Å². The number of hydrogen-bond acceptors (Lipinski definition) is 4. The van der Waals surface area contributed by atoms with Crippen molar-refractivity contribution in [2.75, 3.05) is 0 Å². The molecule has 4 N–H and O–H groups in total. The van der Waals surface area contributed by atoms with Gasteiger partial charge in [0.25, 0.3) is 5.56 Å². The number of unbranched alkanes of at least 4 members (excludes halogenated alkanes) is 2. The van der Waals surface area contributed by atoms with Crippen LogP contribution in [0, 0.1) is 5.92 Å². The Morgan fingerprint density at radius 2 is 1.88 bits per heavy atom. The summed E-state index contributed by atoms with van der Waals surface area (Å²) in [4.78, 5) is 31.0. The molecule has 0 aliphatic heterocycles. The molecule has 4 rings (SSSR count). The zero-order valence-corrected chi connectivity index (χ0v) is 18.1. The molecule has 7 heteroatoms. The Morgan fingerprint density at radius 1 is 1.06 bits per heavy atom. The number of pyridine rings is 1. The number of hydrogen-bond donors (Lipinski definition) is 3. The van der Waals surface area contributed by atoms with Crippen molar-refractivity contribution >= 4 is 16.8 Å². The van der Waals surface area contributed by atoms with Crippen LogP contribution in [0.4, 0.5) is 0 Å². The lowest BCUT2D eigenvalue weighted by Crippen LogP contribution is -2.20. The number of aryl methyl sites for hydroxylation is 1. The standard InChI is InChI=1S/C25H27N5O2/c1-16(24(26)31)5-3-2-4-6-17-7-8-19-14-23(28-21(19)13-17)20-15-22(29-30-25(20)32)18-9-11-27-12-10-18/h7-16,28H,2-6H2,1H3,(H2,26,31)(H,30,32)/t16-/m0/s1. The van der Waals surface area contributed by atoms with Crippen molar-refractivity contribution in [1.29, 1.82) is 0 Å². The van der Waals surface area contributed by atoms with E-state index in [1.807, 2.05) is 25.1 Å². The number of primary amides is 1. The van der Waals surface area contributed by atoms with E-state index in [4.69, 9.17) is 5.73 Å². The van der Waals surface area contributed by atoms with Crippen LogP contribution in [-0.4, -0.2) is 26.1 Å². The summed E-state index contributed by atoms with van der Waals surface area (Å²) in [7, 11) is 0. The summed E-state index contributed by atoms with van der Waals surface area (Å²) in [5, 5.41) is 7.82. The van der Waals surface area contributed by atoms with Crippen LogP contribution in [0.15, 0.2) is 59.7 Å². The summed E-state index contributed by atoms with van der Waals surface area (Å²) < 4.78 is 0. The van der Waals surface area contributed by atoms with Gasteiger partial charge in [0.2, 0.25) is 5.91 Å². The normalized spacial score (nSPS) is 12.2. The highest BCUT2D eigenvalue weighted by molar-refractivity contribution is 5.86. The SMILES string of the molecule is C[C@@H](CCCCCc1ccc2cc(-c3cc(-c4ccncc4)n[nH]c3=O)[nH]c2c1)C(N)=O. The third-order valence-corrected chi connectivity index (χ3v) is 5.85. The van der Waals surface area contributed by atoms with Crippen molar-refractivity contribution in [2.24, 2.45) is 11.7 Å². The highest BCUT2D eigenvalue weighted by atomic mass is 16.1. The second kappa shape index (κ2) is 9.60. The zero-order chi connectivity index (χ0) is 22.5. The minimum Gasteiger partial charge on any atom is -0.369 e. The minimum atomic E-state index is -0.236. The predicted octanol–water partition coefficient (Wildman–Crippen LogP) is 4.20. The van der Waals surface area contributed by atoms with E-state index in [0.717, 1.165) is 54.3 Å². The molecule has 0 aliphatic carbocycles. The van der Waals surface area contributed by atoms with E-state index in [1.165, 1.54) is 5.56 Å². The molecule has 164 valence electrons. The molecule has 1 aromatic carbocycles. The van der Waals surface area contributed by atoms with Crippen LogP contribution in [0.5, 0.6) is 0 Å². The van der Waals surface area contributed by atoms with Crippen molar-refractivity contribution in [3.63, 3.8) is 0 Å². The largest absolute Gasteiger partial charge is 0.369 e. The second-order valence-electron chi connectivity index (χ2n) is 8.24. The van der Waals surface area contributed by atoms with Crippen LogP contribution in [0.25, 0.3) is 33.4 Å². The lowest BCUT2D eigenvalue weighted by molar-refractivity contribution is -0.121. The molecule has 7 nitrogen and oxygen atoms in total. The predicted molar refractivity (Wildman–Crippen MR) is 126 cm³/mol. The molecule has 3 aromatic heterocycles. The zero-order valence-electron chi connectivity index (χ0n) is 18.1. The first-order valence-corrected chi connectivity index (χ1v) is 10.9. The van der Waals surface area contributed by atoms with Gasteiger partial charge in [-0.15, -0.1) is 0 Å². The van der Waals surface area contributed by atoms with Gasteiger partial charge >= 0.3 is 0 Å². The van der Waals surface area contributed by atoms with Gasteiger partial charge in [0, 0.05) is 34.8 Å². The van der Waals surface area contributed by atoms with Crippen LogP contribution in [0.1, 0.15) is 38.2 Å². The summed E-state index contributed by atoms with van der Waals surface area (Å²) in [6.07, 6.45) is 8.34. The maximum Gasteiger partial charge on any atom is 0.273 e. The highest BCUT2D eigenvalue weighted by Gasteiger charge is 2.11. The van der Waals surface area contributed by atoms with Gasteiger partial charge in [-0.1, -0.05) is 31.9 Å². The average molecular weight is 430 g/mol. The van der Waals surface area contributed by atoms with Crippen LogP contribution < -0.4 is 11.3 Å². The van der Waals surface area contributed by atoms with Crippen molar-refractivity contribution in [3.05, 3.63) is 70.8 Å². The Labute approximate surface area is 186 Å². The summed E-state index contributed by atoms with van der Waals surface area (Å²) in [6, 6.07) is 13.9. The van der Waals surface area contributed by atoms with Crippen LogP contribution in [0.2, 0.25) is 0 Å². The number of fused-ring (bicyclic) bond motifs is 1. The first-order valence-electron chi connectivity index (χ1n) is 10.9. The first kappa shape index (κ1) is 21.5. The van der Waals surface area contributed by atoms with E-state index >= 15 is 0 Å². The summed E-state index contributed by atoms with van der Waals surface area (Å²) in [5.74, 6) is -0.280. The van der Waals surface area contributed by atoms with Gasteiger partial charge < -0.3 is 10.7 Å². The lowest BCUT2D eigenvalue weighted by Gasteiger charge is -2.06. The Hall–Kier alpha value is -3.74. The van der Waals surface area contributed by atoms with E-state index in [9.17, 15) is 9.59 Å². The number of carbonyl (C=O) groups excluding carboxylic acids is 1. The van der Waals surface area contributed by atoms with Crippen molar-refractivity contribution in [1.82, 2.24) is 20.2 Å². The molecule has 0 radical (unpaired) electrons. The van der Waals surface area contributed by atoms with Crippen LogP contribution in [0.3, 0.4) is 0 Å². The number of nitrogens with two attached hydrogens (primary N) is 1. The molecule has 1 atom stereocenters. The maximum absolute atomic E-state index is 12.5. The molecule has 0 fully saturated rings. The van der Waals surface area contributed by atoms with E-state index in [2.05, 4.69) is 38.4 Å². The Balaban J connectivity index is 1.48. The Kier molecular flexibility index (Phi) is 6.44. The van der Waals surface area contributed by atoms with Gasteiger partial charge in [-0.25, -0.2) is 5.10 Å². The lowest BCUT2D eigenvalue weighted by atomic mass is 10.0. The quantitative estimate of drug-likeness (QED) is 0.346. The molecular weight excluding hydrogens is 402 g/mol. The number of rotatable bonds is 9. The Bertz CT molecular complexity index is 1280. The topological polar surface area (TPSA) is 118 Å². The van der Waals surface area contributed by atoms with Gasteiger partial charge in [-0.2, -0.15) is 5.10 Å². The number of benzene rings is 1. The molecule has 1 amide bonds. The fourth-order valence-corrected chi connectivity index (χ4v) is 3.85. The van der Waals surface area contributed by atoms with E-state index in [1.54, 1.807) is 18.5 Å². The van der Waals surface area contributed by atoms with Gasteiger partial charge in [0.05, 0.1) is 17.0 Å². The minimum absolute atomic E-state index is 0.0564. The maximum atomic E-state index is 12.5. The monoisotopic (exact) mass is 429 g/mol. The number of aromatic amines is 2. The van der Waals surface area contributed by atoms with Gasteiger partial charge in [0.1, 0.15) is 0 Å². The fourth-order valence-electron chi connectivity index (χ4n) is 3.85. The molecule has 0 bridgehead atoms. The smallest absolute Gasteiger partial charge is 0.273 e. The molecule has 0 unspecified atom stereocenters. The number of H-pyrrole nitrogens is 2. The average Bonchev–Trinajstić information content (AvgIpc) is 3.22. The fraction of sp³-hybridized carbons (Fsp3) is 0.280. The molecule has 0 spiro atoms. The number of nitrogens with zero attached hydrogens (tertiary/aromatic N) is 2. The third-order valence-electron chi connectivity index (χ3n) is 5.85. The summed E-state index contributed by atoms with van der Waals surface area (Å²) in [5.41, 5.74) is 10.2. The second-order valence-corrected chi connectivity index (χ2v) is 8.24. The summed E-state index contributed by atoms with van der Waals surface area (Å²) >= 11 is 0. The van der Waals surface area contributed by atoms with Gasteiger partial charge in [-0.05, 0) is 55.2 Å². The van der Waals surface area contributed by atoms with Gasteiger partial charge in [-0.3, -0.25) is 14.6 Å². The molecule has 0 saturated heterocycles. The third kappa shape index (κ3) is 4.94. The van der Waals surface area contributed by atoms with Crippen molar-refractivity contribution in [3.8, 4) is 22.5 Å². The van der Waals surface area contributed by atoms with E-state index in [-0.39, 0.29) is 17.4 Å². The molecule has 3 heterocycles. The number of carbonyl (C=O) groups is 1. The molecule has 32 heavy (non-hydrogen) atoms. The number of amides is 1. The first-order chi connectivity index (χ1) is 15.5. The van der Waals surface area contributed by atoms with Crippen LogP contribution in [-0.2, 0) is 11.2 Å². The molecule has 0 saturated carbocycles. The van der Waals surface area contributed by atoms with Crippen molar-refractivity contribution < 1.29 is 4.79 Å². The van der Waals surface area contributed by atoms with Crippen molar-refractivity contribution in [2.45, 2.75) is 39.0 Å². The molecular formula is C25H27N5O2. The number of aromatic nitrogens is 4. The Morgan fingerprint density at radius 3 is 2.66 bits per heavy atom. The molecule has 4 aromatic rings. The van der Waals surface area contributed by atoms with Crippen LogP contribution >= 0.6 is 0 Å². The number of nitrogens with one attached hydrogen (secondary N) is 2.